The van der Waals surface area contributed by atoms with E-state index in [-0.39, 0.29) is 36.3 Å². The molecule has 1 atom stereocenters. The third kappa shape index (κ3) is 5.84. The highest BCUT2D eigenvalue weighted by molar-refractivity contribution is 5.85. The van der Waals surface area contributed by atoms with E-state index < -0.39 is 18.1 Å². The van der Waals surface area contributed by atoms with Crippen molar-refractivity contribution < 1.29 is 24.2 Å². The van der Waals surface area contributed by atoms with Gasteiger partial charge in [0.15, 0.2) is 0 Å². The van der Waals surface area contributed by atoms with Crippen LogP contribution in [0.4, 0.5) is 4.79 Å². The molecule has 2 aromatic rings. The first-order valence-corrected chi connectivity index (χ1v) is 12.5. The van der Waals surface area contributed by atoms with Crippen molar-refractivity contribution in [3.05, 3.63) is 59.7 Å². The summed E-state index contributed by atoms with van der Waals surface area (Å²) >= 11 is 0. The zero-order valence-electron chi connectivity index (χ0n) is 20.3. The summed E-state index contributed by atoms with van der Waals surface area (Å²) in [6.45, 7) is 4.13. The zero-order valence-corrected chi connectivity index (χ0v) is 20.3. The van der Waals surface area contributed by atoms with E-state index in [1.807, 2.05) is 38.1 Å². The van der Waals surface area contributed by atoms with Crippen LogP contribution in [0.25, 0.3) is 11.1 Å². The zero-order chi connectivity index (χ0) is 24.9. The van der Waals surface area contributed by atoms with Crippen LogP contribution < -0.4 is 10.6 Å². The smallest absolute Gasteiger partial charge is 0.407 e. The van der Waals surface area contributed by atoms with Crippen LogP contribution >= 0.6 is 0 Å². The predicted octanol–water partition coefficient (Wildman–Crippen LogP) is 4.70. The topological polar surface area (TPSA) is 105 Å². The van der Waals surface area contributed by atoms with E-state index in [9.17, 15) is 19.5 Å². The molecule has 186 valence electrons. The molecule has 3 N–H and O–H groups in total. The van der Waals surface area contributed by atoms with E-state index in [0.29, 0.717) is 32.1 Å². The first-order chi connectivity index (χ1) is 16.8. The standard InChI is InChI=1S/C28H34N2O5/c1-17(2)15-25(27(32)33)30-26(31)18-11-13-19(14-12-18)29-28(34)35-16-24-22-9-5-3-7-20(22)21-8-4-6-10-23(21)24/h3-10,17-19,24-25H,11-16H2,1-2H3,(H,29,34)(H,30,31)(H,32,33). The molecule has 0 radical (unpaired) electrons. The van der Waals surface area contributed by atoms with Crippen molar-refractivity contribution in [3.63, 3.8) is 0 Å². The van der Waals surface area contributed by atoms with Gasteiger partial charge in [-0.25, -0.2) is 9.59 Å². The summed E-state index contributed by atoms with van der Waals surface area (Å²) in [6, 6.07) is 15.5. The molecule has 2 aliphatic carbocycles. The van der Waals surface area contributed by atoms with Gasteiger partial charge in [0.25, 0.3) is 0 Å². The first kappa shape index (κ1) is 24.8. The first-order valence-electron chi connectivity index (χ1n) is 12.5. The molecule has 2 aromatic carbocycles. The van der Waals surface area contributed by atoms with Crippen LogP contribution in [-0.4, -0.2) is 41.8 Å². The molecule has 0 heterocycles. The average Bonchev–Trinajstić information content (AvgIpc) is 3.16. The molecule has 35 heavy (non-hydrogen) atoms. The highest BCUT2D eigenvalue weighted by atomic mass is 16.5. The summed E-state index contributed by atoms with van der Waals surface area (Å²) in [4.78, 5) is 36.6. The van der Waals surface area contributed by atoms with Gasteiger partial charge in [-0.2, -0.15) is 0 Å². The third-order valence-electron chi connectivity index (χ3n) is 7.09. The minimum absolute atomic E-state index is 0.0144. The van der Waals surface area contributed by atoms with Crippen LogP contribution in [0.5, 0.6) is 0 Å². The molecule has 0 spiro atoms. The van der Waals surface area contributed by atoms with Crippen LogP contribution in [0.15, 0.2) is 48.5 Å². The second-order valence-electron chi connectivity index (χ2n) is 10.0. The quantitative estimate of drug-likeness (QED) is 0.510. The lowest BCUT2D eigenvalue weighted by Gasteiger charge is -2.29. The van der Waals surface area contributed by atoms with Crippen LogP contribution in [-0.2, 0) is 14.3 Å². The van der Waals surface area contributed by atoms with E-state index in [2.05, 4.69) is 34.9 Å². The maximum absolute atomic E-state index is 12.6. The lowest BCUT2D eigenvalue weighted by atomic mass is 9.85. The highest BCUT2D eigenvalue weighted by Crippen LogP contribution is 2.44. The summed E-state index contributed by atoms with van der Waals surface area (Å²) in [5.74, 6) is -1.26. The molecule has 0 bridgehead atoms. The van der Waals surface area contributed by atoms with Gasteiger partial charge in [0.2, 0.25) is 5.91 Å². The van der Waals surface area contributed by atoms with Crippen molar-refractivity contribution in [2.45, 2.75) is 64.0 Å². The van der Waals surface area contributed by atoms with Crippen LogP contribution in [0, 0.1) is 11.8 Å². The molecule has 1 unspecified atom stereocenters. The van der Waals surface area contributed by atoms with E-state index in [1.54, 1.807) is 0 Å². The van der Waals surface area contributed by atoms with Crippen molar-refractivity contribution in [3.8, 4) is 11.1 Å². The van der Waals surface area contributed by atoms with Gasteiger partial charge >= 0.3 is 12.1 Å². The van der Waals surface area contributed by atoms with Gasteiger partial charge in [-0.15, -0.1) is 0 Å². The van der Waals surface area contributed by atoms with Gasteiger partial charge in [-0.05, 0) is 60.3 Å². The minimum atomic E-state index is -1.00. The lowest BCUT2D eigenvalue weighted by molar-refractivity contribution is -0.143. The van der Waals surface area contributed by atoms with E-state index >= 15 is 0 Å². The molecule has 1 fully saturated rings. The number of carboxylic acids is 1. The molecule has 4 rings (SSSR count). The number of hydrogen-bond acceptors (Lipinski definition) is 4. The van der Waals surface area contributed by atoms with Crippen LogP contribution in [0.3, 0.4) is 0 Å². The number of hydrogen-bond donors (Lipinski definition) is 3. The summed E-state index contributed by atoms with van der Waals surface area (Å²) in [5.41, 5.74) is 4.72. The molecule has 7 heteroatoms. The summed E-state index contributed by atoms with van der Waals surface area (Å²) < 4.78 is 5.64. The monoisotopic (exact) mass is 478 g/mol. The van der Waals surface area contributed by atoms with Crippen molar-refractivity contribution >= 4 is 18.0 Å². The fraction of sp³-hybridized carbons (Fsp3) is 0.464. The summed E-state index contributed by atoms with van der Waals surface area (Å²) in [6.07, 6.45) is 2.49. The Morgan fingerprint density at radius 2 is 1.51 bits per heavy atom. The number of aliphatic carboxylic acids is 1. The summed E-state index contributed by atoms with van der Waals surface area (Å²) in [7, 11) is 0. The molecule has 1 saturated carbocycles. The maximum Gasteiger partial charge on any atom is 0.407 e. The Labute approximate surface area is 206 Å². The predicted molar refractivity (Wildman–Crippen MR) is 133 cm³/mol. The number of carbonyl (C=O) groups is 3. The number of nitrogens with one attached hydrogen (secondary N) is 2. The molecule has 2 amide bonds. The number of amides is 2. The minimum Gasteiger partial charge on any atom is -0.480 e. The van der Waals surface area contributed by atoms with Crippen LogP contribution in [0.1, 0.15) is 63.0 Å². The SMILES string of the molecule is CC(C)CC(NC(=O)C1CCC(NC(=O)OCC2c3ccccc3-c3ccccc32)CC1)C(=O)O. The van der Waals surface area contributed by atoms with E-state index in [1.165, 1.54) is 22.3 Å². The average molecular weight is 479 g/mol. The molecule has 0 aliphatic heterocycles. The lowest BCUT2D eigenvalue weighted by Crippen LogP contribution is -2.46. The molecular weight excluding hydrogens is 444 g/mol. The van der Waals surface area contributed by atoms with Crippen molar-refractivity contribution in [2.24, 2.45) is 11.8 Å². The number of fused-ring (bicyclic) bond motifs is 3. The van der Waals surface area contributed by atoms with Crippen LogP contribution in [0.2, 0.25) is 0 Å². The Hall–Kier alpha value is -3.35. The van der Waals surface area contributed by atoms with Gasteiger partial charge < -0.3 is 20.5 Å². The Kier molecular flexibility index (Phi) is 7.73. The van der Waals surface area contributed by atoms with E-state index in [0.717, 1.165) is 0 Å². The Morgan fingerprint density at radius 3 is 2.06 bits per heavy atom. The normalized spacial score (nSPS) is 20.0. The second kappa shape index (κ2) is 10.9. The van der Waals surface area contributed by atoms with Crippen molar-refractivity contribution in [1.82, 2.24) is 10.6 Å². The largest absolute Gasteiger partial charge is 0.480 e. The number of alkyl carbamates (subject to hydrolysis) is 1. The molecule has 2 aliphatic rings. The number of benzene rings is 2. The third-order valence-corrected chi connectivity index (χ3v) is 7.09. The van der Waals surface area contributed by atoms with Gasteiger partial charge in [-0.1, -0.05) is 62.4 Å². The number of rotatable bonds is 8. The maximum atomic E-state index is 12.6. The molecule has 0 saturated heterocycles. The van der Waals surface area contributed by atoms with E-state index in [4.69, 9.17) is 4.74 Å². The highest BCUT2D eigenvalue weighted by Gasteiger charge is 2.32. The van der Waals surface area contributed by atoms with Gasteiger partial charge in [-0.3, -0.25) is 4.79 Å². The van der Waals surface area contributed by atoms with Gasteiger partial charge in [0.05, 0.1) is 0 Å². The molecular formula is C28H34N2O5. The Balaban J connectivity index is 1.25. The number of ether oxygens (including phenoxy) is 1. The Morgan fingerprint density at radius 1 is 0.943 bits per heavy atom. The second-order valence-corrected chi connectivity index (χ2v) is 10.0. The number of carbonyl (C=O) groups excluding carboxylic acids is 2. The van der Waals surface area contributed by atoms with Gasteiger partial charge in [0, 0.05) is 17.9 Å². The Bertz CT molecular complexity index is 1030. The number of carboxylic acid groups (broad SMARTS) is 1. The summed E-state index contributed by atoms with van der Waals surface area (Å²) in [5, 5.41) is 15.0. The fourth-order valence-corrected chi connectivity index (χ4v) is 5.29. The van der Waals surface area contributed by atoms with Gasteiger partial charge in [0.1, 0.15) is 12.6 Å². The molecule has 7 nitrogen and oxygen atoms in total. The molecule has 0 aromatic heterocycles. The fourth-order valence-electron chi connectivity index (χ4n) is 5.29. The van der Waals surface area contributed by atoms with Crippen molar-refractivity contribution in [1.29, 1.82) is 0 Å². The van der Waals surface area contributed by atoms with Crippen molar-refractivity contribution in [2.75, 3.05) is 6.61 Å².